The molecule has 4 nitrogen and oxygen atoms in total. The fourth-order valence-electron chi connectivity index (χ4n) is 3.14. The summed E-state index contributed by atoms with van der Waals surface area (Å²) < 4.78 is 0. The Labute approximate surface area is 128 Å². The van der Waals surface area contributed by atoms with Crippen LogP contribution in [0.3, 0.4) is 0 Å². The first-order valence-corrected chi connectivity index (χ1v) is 8.38. The second-order valence-corrected chi connectivity index (χ2v) is 7.17. The van der Waals surface area contributed by atoms with Gasteiger partial charge in [-0.2, -0.15) is 0 Å². The van der Waals surface area contributed by atoms with Crippen molar-refractivity contribution in [2.45, 2.75) is 72.1 Å². The molecule has 4 heteroatoms. The van der Waals surface area contributed by atoms with Gasteiger partial charge in [0.05, 0.1) is 11.8 Å². The number of carbonyl (C=O) groups is 2. The molecule has 122 valence electrons. The van der Waals surface area contributed by atoms with E-state index in [0.29, 0.717) is 19.4 Å². The van der Waals surface area contributed by atoms with Crippen molar-refractivity contribution in [3.05, 3.63) is 0 Å². The number of rotatable bonds is 8. The smallest absolute Gasteiger partial charge is 0.307 e. The zero-order chi connectivity index (χ0) is 15.9. The van der Waals surface area contributed by atoms with Crippen LogP contribution in [-0.4, -0.2) is 23.5 Å². The predicted octanol–water partition coefficient (Wildman–Crippen LogP) is 3.60. The molecule has 2 atom stereocenters. The van der Waals surface area contributed by atoms with Crippen LogP contribution in [0.25, 0.3) is 0 Å². The van der Waals surface area contributed by atoms with Crippen LogP contribution in [0, 0.1) is 17.3 Å². The Morgan fingerprint density at radius 3 is 2.33 bits per heavy atom. The Bertz CT molecular complexity index is 352. The molecule has 0 saturated heterocycles. The van der Waals surface area contributed by atoms with Crippen molar-refractivity contribution in [2.75, 3.05) is 6.54 Å². The van der Waals surface area contributed by atoms with Gasteiger partial charge < -0.3 is 10.4 Å². The van der Waals surface area contributed by atoms with Crippen LogP contribution in [0.2, 0.25) is 0 Å². The summed E-state index contributed by atoms with van der Waals surface area (Å²) in [4.78, 5) is 23.6. The second kappa shape index (κ2) is 8.40. The number of aliphatic carboxylic acids is 1. The van der Waals surface area contributed by atoms with Gasteiger partial charge >= 0.3 is 5.97 Å². The molecule has 0 heterocycles. The van der Waals surface area contributed by atoms with E-state index in [4.69, 9.17) is 0 Å². The Morgan fingerprint density at radius 1 is 1.14 bits per heavy atom. The van der Waals surface area contributed by atoms with Gasteiger partial charge in [0.2, 0.25) is 5.91 Å². The lowest BCUT2D eigenvalue weighted by molar-refractivity contribution is -0.149. The van der Waals surface area contributed by atoms with Crippen LogP contribution < -0.4 is 5.32 Å². The second-order valence-electron chi connectivity index (χ2n) is 7.17. The van der Waals surface area contributed by atoms with E-state index >= 15 is 0 Å². The van der Waals surface area contributed by atoms with Crippen LogP contribution in [0.5, 0.6) is 0 Å². The summed E-state index contributed by atoms with van der Waals surface area (Å²) in [7, 11) is 0. The van der Waals surface area contributed by atoms with Gasteiger partial charge in [-0.15, -0.1) is 0 Å². The molecule has 1 aliphatic rings. The lowest BCUT2D eigenvalue weighted by Crippen LogP contribution is -2.43. The van der Waals surface area contributed by atoms with Gasteiger partial charge in [0.15, 0.2) is 0 Å². The number of carbonyl (C=O) groups excluding carboxylic acids is 1. The SMILES string of the molecule is CCCCCC(C)(C)CNC(=O)[C@@H]1CCCC[C@@H]1C(=O)O. The molecule has 0 spiro atoms. The van der Waals surface area contributed by atoms with Crippen LogP contribution in [0.4, 0.5) is 0 Å². The Hall–Kier alpha value is -1.06. The summed E-state index contributed by atoms with van der Waals surface area (Å²) in [5.74, 6) is -1.73. The number of nitrogens with one attached hydrogen (secondary N) is 1. The summed E-state index contributed by atoms with van der Waals surface area (Å²) in [6.45, 7) is 7.15. The molecule has 0 aromatic rings. The first-order valence-electron chi connectivity index (χ1n) is 8.38. The molecule has 1 fully saturated rings. The van der Waals surface area contributed by atoms with E-state index in [1.54, 1.807) is 0 Å². The van der Waals surface area contributed by atoms with E-state index in [1.165, 1.54) is 19.3 Å². The van der Waals surface area contributed by atoms with Crippen molar-refractivity contribution < 1.29 is 14.7 Å². The lowest BCUT2D eigenvalue weighted by Gasteiger charge is -2.30. The average Bonchev–Trinajstić information content (AvgIpc) is 2.45. The van der Waals surface area contributed by atoms with E-state index < -0.39 is 11.9 Å². The number of carboxylic acids is 1. The standard InChI is InChI=1S/C17H31NO3/c1-4-5-8-11-17(2,3)12-18-15(19)13-9-6-7-10-14(13)16(20)21/h13-14H,4-12H2,1-3H3,(H,18,19)(H,20,21)/t13-,14+/m1/s1. The fourth-order valence-corrected chi connectivity index (χ4v) is 3.14. The van der Waals surface area contributed by atoms with Gasteiger partial charge in [-0.25, -0.2) is 0 Å². The van der Waals surface area contributed by atoms with Crippen LogP contribution in [0.15, 0.2) is 0 Å². The summed E-state index contributed by atoms with van der Waals surface area (Å²) in [6, 6.07) is 0. The molecule has 1 rings (SSSR count). The van der Waals surface area contributed by atoms with Crippen molar-refractivity contribution in [1.82, 2.24) is 5.32 Å². The Kier molecular flexibility index (Phi) is 7.20. The quantitative estimate of drug-likeness (QED) is 0.673. The molecular weight excluding hydrogens is 266 g/mol. The third-order valence-corrected chi connectivity index (χ3v) is 4.62. The summed E-state index contributed by atoms with van der Waals surface area (Å²) in [6.07, 6.45) is 7.91. The third-order valence-electron chi connectivity index (χ3n) is 4.62. The lowest BCUT2D eigenvalue weighted by atomic mass is 9.78. The number of amides is 1. The molecule has 0 aromatic carbocycles. The van der Waals surface area contributed by atoms with Crippen LogP contribution in [-0.2, 0) is 9.59 Å². The van der Waals surface area contributed by atoms with E-state index in [-0.39, 0.29) is 17.2 Å². The molecule has 1 saturated carbocycles. The van der Waals surface area contributed by atoms with Crippen molar-refractivity contribution in [3.63, 3.8) is 0 Å². The van der Waals surface area contributed by atoms with E-state index in [1.807, 2.05) is 0 Å². The highest BCUT2D eigenvalue weighted by molar-refractivity contribution is 5.84. The molecule has 2 N–H and O–H groups in total. The monoisotopic (exact) mass is 297 g/mol. The van der Waals surface area contributed by atoms with Gasteiger partial charge in [-0.05, 0) is 24.7 Å². The maximum atomic E-state index is 12.3. The molecule has 0 aliphatic heterocycles. The highest BCUT2D eigenvalue weighted by Crippen LogP contribution is 2.31. The van der Waals surface area contributed by atoms with Gasteiger partial charge in [-0.3, -0.25) is 9.59 Å². The zero-order valence-electron chi connectivity index (χ0n) is 13.8. The number of carboxylic acid groups (broad SMARTS) is 1. The normalized spacial score (nSPS) is 22.8. The maximum absolute atomic E-state index is 12.3. The molecule has 0 unspecified atom stereocenters. The van der Waals surface area contributed by atoms with E-state index in [0.717, 1.165) is 19.3 Å². The maximum Gasteiger partial charge on any atom is 0.307 e. The number of hydrogen-bond acceptors (Lipinski definition) is 2. The summed E-state index contributed by atoms with van der Waals surface area (Å²) >= 11 is 0. The van der Waals surface area contributed by atoms with Gasteiger partial charge in [0, 0.05) is 6.54 Å². The Morgan fingerprint density at radius 2 is 1.76 bits per heavy atom. The molecule has 21 heavy (non-hydrogen) atoms. The zero-order valence-corrected chi connectivity index (χ0v) is 13.8. The largest absolute Gasteiger partial charge is 0.481 e. The average molecular weight is 297 g/mol. The number of hydrogen-bond donors (Lipinski definition) is 2. The van der Waals surface area contributed by atoms with Crippen molar-refractivity contribution in [2.24, 2.45) is 17.3 Å². The predicted molar refractivity (Wildman–Crippen MR) is 84.0 cm³/mol. The minimum atomic E-state index is -0.822. The summed E-state index contributed by atoms with van der Waals surface area (Å²) in [5.41, 5.74) is 0.0816. The van der Waals surface area contributed by atoms with Gasteiger partial charge in [0.25, 0.3) is 0 Å². The molecular formula is C17H31NO3. The van der Waals surface area contributed by atoms with E-state index in [2.05, 4.69) is 26.1 Å². The van der Waals surface area contributed by atoms with E-state index in [9.17, 15) is 14.7 Å². The highest BCUT2D eigenvalue weighted by atomic mass is 16.4. The number of unbranched alkanes of at least 4 members (excludes halogenated alkanes) is 2. The van der Waals surface area contributed by atoms with Crippen molar-refractivity contribution in [3.8, 4) is 0 Å². The third kappa shape index (κ3) is 6.06. The minimum Gasteiger partial charge on any atom is -0.481 e. The molecule has 1 amide bonds. The van der Waals surface area contributed by atoms with Crippen molar-refractivity contribution >= 4 is 11.9 Å². The van der Waals surface area contributed by atoms with Crippen LogP contribution >= 0.6 is 0 Å². The van der Waals surface area contributed by atoms with Gasteiger partial charge in [-0.1, -0.05) is 52.9 Å². The van der Waals surface area contributed by atoms with Crippen molar-refractivity contribution in [1.29, 1.82) is 0 Å². The topological polar surface area (TPSA) is 66.4 Å². The Balaban J connectivity index is 2.46. The first-order chi connectivity index (χ1) is 9.87. The first kappa shape index (κ1) is 18.0. The fraction of sp³-hybridized carbons (Fsp3) is 0.882. The molecule has 0 radical (unpaired) electrons. The molecule has 1 aliphatic carbocycles. The highest BCUT2D eigenvalue weighted by Gasteiger charge is 2.36. The summed E-state index contributed by atoms with van der Waals surface area (Å²) in [5, 5.41) is 12.3. The molecule has 0 aromatic heterocycles. The molecule has 0 bridgehead atoms. The van der Waals surface area contributed by atoms with Crippen LogP contribution in [0.1, 0.15) is 72.1 Å². The minimum absolute atomic E-state index is 0.0642. The van der Waals surface area contributed by atoms with Gasteiger partial charge in [0.1, 0.15) is 0 Å².